The SMILES string of the molecule is O=C(CCCCCn1c(=O)c2sccc2n(CC(=O)Nc2cccc(Cl)c2)c1=O)NCc1ccccc1Cl. The predicted octanol–water partition coefficient (Wildman–Crippen LogP) is 5.05. The molecule has 0 unspecified atom stereocenters. The van der Waals surface area contributed by atoms with E-state index in [0.717, 1.165) is 5.56 Å². The minimum Gasteiger partial charge on any atom is -0.352 e. The van der Waals surface area contributed by atoms with Crippen LogP contribution in [-0.2, 0) is 29.2 Å². The van der Waals surface area contributed by atoms with Crippen LogP contribution in [0.15, 0.2) is 69.6 Å². The Morgan fingerprint density at radius 2 is 1.71 bits per heavy atom. The van der Waals surface area contributed by atoms with Gasteiger partial charge in [-0.2, -0.15) is 0 Å². The zero-order valence-corrected chi connectivity index (χ0v) is 22.7. The van der Waals surface area contributed by atoms with E-state index in [0.29, 0.717) is 58.2 Å². The predicted molar refractivity (Wildman–Crippen MR) is 152 cm³/mol. The van der Waals surface area contributed by atoms with E-state index >= 15 is 0 Å². The molecule has 0 fully saturated rings. The molecule has 2 heterocycles. The third-order valence-electron chi connectivity index (χ3n) is 5.97. The van der Waals surface area contributed by atoms with Crippen LogP contribution >= 0.6 is 34.5 Å². The first-order valence-electron chi connectivity index (χ1n) is 12.1. The lowest BCUT2D eigenvalue weighted by atomic mass is 10.1. The van der Waals surface area contributed by atoms with Crippen molar-refractivity contribution in [3.63, 3.8) is 0 Å². The number of carbonyl (C=O) groups excluding carboxylic acids is 2. The fourth-order valence-electron chi connectivity index (χ4n) is 4.05. The summed E-state index contributed by atoms with van der Waals surface area (Å²) in [6, 6.07) is 15.7. The Hall–Kier alpha value is -3.40. The van der Waals surface area contributed by atoms with Crippen LogP contribution in [0, 0.1) is 0 Å². The smallest absolute Gasteiger partial charge is 0.332 e. The van der Waals surface area contributed by atoms with E-state index in [1.54, 1.807) is 41.8 Å². The van der Waals surface area contributed by atoms with Gasteiger partial charge in [-0.3, -0.25) is 23.5 Å². The number of hydrogen-bond donors (Lipinski definition) is 2. The van der Waals surface area contributed by atoms with Crippen molar-refractivity contribution in [2.45, 2.75) is 45.3 Å². The number of hydrogen-bond acceptors (Lipinski definition) is 5. The second kappa shape index (κ2) is 12.9. The number of rotatable bonds is 11. The van der Waals surface area contributed by atoms with E-state index in [2.05, 4.69) is 10.6 Å². The summed E-state index contributed by atoms with van der Waals surface area (Å²) in [4.78, 5) is 51.0. The van der Waals surface area contributed by atoms with Crippen molar-refractivity contribution in [3.05, 3.63) is 96.4 Å². The number of anilines is 1. The molecule has 8 nitrogen and oxygen atoms in total. The maximum atomic E-state index is 13.2. The summed E-state index contributed by atoms with van der Waals surface area (Å²) >= 11 is 13.3. The van der Waals surface area contributed by atoms with E-state index in [-0.39, 0.29) is 24.6 Å². The van der Waals surface area contributed by atoms with Gasteiger partial charge in [-0.05, 0) is 54.1 Å². The molecule has 4 aromatic rings. The fourth-order valence-corrected chi connectivity index (χ4v) is 5.29. The Labute approximate surface area is 232 Å². The molecule has 2 N–H and O–H groups in total. The second-order valence-corrected chi connectivity index (χ2v) is 10.5. The molecule has 0 saturated heterocycles. The Kier molecular flexibility index (Phi) is 9.38. The van der Waals surface area contributed by atoms with Crippen molar-refractivity contribution >= 4 is 62.3 Å². The van der Waals surface area contributed by atoms with Crippen LogP contribution in [0.25, 0.3) is 10.2 Å². The summed E-state index contributed by atoms with van der Waals surface area (Å²) in [5, 5.41) is 8.39. The first-order valence-corrected chi connectivity index (χ1v) is 13.7. The standard InChI is InChI=1S/C27H26Cl2N4O4S/c28-19-8-6-9-20(15-19)31-24(35)17-33-22-12-14-38-25(22)26(36)32(27(33)37)13-5-1-2-11-23(34)30-16-18-7-3-4-10-21(18)29/h3-4,6-10,12,14-15H,1-2,5,11,13,16-17H2,(H,30,34)(H,31,35). The molecule has 0 aliphatic carbocycles. The molecule has 198 valence electrons. The normalized spacial score (nSPS) is 11.0. The maximum Gasteiger partial charge on any atom is 0.332 e. The molecular weight excluding hydrogens is 547 g/mol. The van der Waals surface area contributed by atoms with E-state index in [9.17, 15) is 19.2 Å². The summed E-state index contributed by atoms with van der Waals surface area (Å²) in [7, 11) is 0. The Balaban J connectivity index is 1.35. The second-order valence-electron chi connectivity index (χ2n) is 8.70. The van der Waals surface area contributed by atoms with Gasteiger partial charge in [0.05, 0.1) is 5.52 Å². The van der Waals surface area contributed by atoms with Crippen molar-refractivity contribution < 1.29 is 9.59 Å². The average Bonchev–Trinajstić information content (AvgIpc) is 3.38. The number of carbonyl (C=O) groups is 2. The van der Waals surface area contributed by atoms with Crippen molar-refractivity contribution in [3.8, 4) is 0 Å². The molecule has 38 heavy (non-hydrogen) atoms. The fraction of sp³-hybridized carbons (Fsp3) is 0.259. The number of fused-ring (bicyclic) bond motifs is 1. The molecule has 4 rings (SSSR count). The highest BCUT2D eigenvalue weighted by molar-refractivity contribution is 7.17. The molecule has 2 aromatic carbocycles. The third-order valence-corrected chi connectivity index (χ3v) is 7.46. The molecule has 0 spiro atoms. The summed E-state index contributed by atoms with van der Waals surface area (Å²) in [5.41, 5.74) is 0.881. The Morgan fingerprint density at radius 1 is 0.895 bits per heavy atom. The Bertz CT molecular complexity index is 1580. The molecule has 11 heteroatoms. The van der Waals surface area contributed by atoms with Crippen molar-refractivity contribution in [2.24, 2.45) is 0 Å². The van der Waals surface area contributed by atoms with Gasteiger partial charge < -0.3 is 10.6 Å². The van der Waals surface area contributed by atoms with Gasteiger partial charge in [0.1, 0.15) is 11.2 Å². The number of benzene rings is 2. The first-order chi connectivity index (χ1) is 18.3. The van der Waals surface area contributed by atoms with Gasteiger partial charge in [0.15, 0.2) is 0 Å². The van der Waals surface area contributed by atoms with E-state index in [1.807, 2.05) is 18.2 Å². The lowest BCUT2D eigenvalue weighted by molar-refractivity contribution is -0.121. The van der Waals surface area contributed by atoms with Crippen LogP contribution in [0.4, 0.5) is 5.69 Å². The third kappa shape index (κ3) is 6.92. The highest BCUT2D eigenvalue weighted by Crippen LogP contribution is 2.18. The van der Waals surface area contributed by atoms with E-state index in [4.69, 9.17) is 23.2 Å². The molecular formula is C27H26Cl2N4O4S. The molecule has 0 saturated carbocycles. The van der Waals surface area contributed by atoms with Gasteiger partial charge >= 0.3 is 5.69 Å². The Morgan fingerprint density at radius 3 is 2.50 bits per heavy atom. The highest BCUT2D eigenvalue weighted by Gasteiger charge is 2.16. The van der Waals surface area contributed by atoms with Gasteiger partial charge in [0.2, 0.25) is 11.8 Å². The van der Waals surface area contributed by atoms with Crippen molar-refractivity contribution in [1.82, 2.24) is 14.5 Å². The topological polar surface area (TPSA) is 102 Å². The first kappa shape index (κ1) is 27.6. The van der Waals surface area contributed by atoms with Crippen LogP contribution in [0.1, 0.15) is 31.2 Å². The molecule has 0 aliphatic heterocycles. The van der Waals surface area contributed by atoms with E-state index in [1.165, 1.54) is 20.5 Å². The van der Waals surface area contributed by atoms with Gasteiger partial charge in [0, 0.05) is 35.2 Å². The number of unbranched alkanes of at least 4 members (excludes halogenated alkanes) is 2. The maximum absolute atomic E-state index is 13.2. The number of aromatic nitrogens is 2. The molecule has 0 aliphatic rings. The lowest BCUT2D eigenvalue weighted by Crippen LogP contribution is -2.41. The number of nitrogens with zero attached hydrogens (tertiary/aromatic N) is 2. The van der Waals surface area contributed by atoms with Crippen LogP contribution < -0.4 is 21.9 Å². The van der Waals surface area contributed by atoms with Crippen LogP contribution in [0.5, 0.6) is 0 Å². The summed E-state index contributed by atoms with van der Waals surface area (Å²) in [6.45, 7) is 0.312. The zero-order valence-electron chi connectivity index (χ0n) is 20.4. The largest absolute Gasteiger partial charge is 0.352 e. The van der Waals surface area contributed by atoms with Crippen LogP contribution in [0.3, 0.4) is 0 Å². The summed E-state index contributed by atoms with van der Waals surface area (Å²) < 4.78 is 2.90. The summed E-state index contributed by atoms with van der Waals surface area (Å²) in [5.74, 6) is -0.495. The quantitative estimate of drug-likeness (QED) is 0.245. The number of thiophene rings is 1. The van der Waals surface area contributed by atoms with Gasteiger partial charge in [-0.25, -0.2) is 4.79 Å². The van der Waals surface area contributed by atoms with E-state index < -0.39 is 11.6 Å². The lowest BCUT2D eigenvalue weighted by Gasteiger charge is -2.12. The monoisotopic (exact) mass is 572 g/mol. The van der Waals surface area contributed by atoms with Gasteiger partial charge in [-0.15, -0.1) is 11.3 Å². The minimum atomic E-state index is -0.542. The highest BCUT2D eigenvalue weighted by atomic mass is 35.5. The zero-order chi connectivity index (χ0) is 27.1. The number of halogens is 2. The molecule has 2 aromatic heterocycles. The molecule has 2 amide bonds. The van der Waals surface area contributed by atoms with Gasteiger partial charge in [0.25, 0.3) is 5.56 Å². The van der Waals surface area contributed by atoms with Crippen molar-refractivity contribution in [2.75, 3.05) is 5.32 Å². The molecule has 0 atom stereocenters. The van der Waals surface area contributed by atoms with Crippen LogP contribution in [0.2, 0.25) is 10.0 Å². The average molecular weight is 574 g/mol. The minimum absolute atomic E-state index is 0.0878. The summed E-state index contributed by atoms with van der Waals surface area (Å²) in [6.07, 6.45) is 2.14. The van der Waals surface area contributed by atoms with Crippen molar-refractivity contribution in [1.29, 1.82) is 0 Å². The molecule has 0 bridgehead atoms. The molecule has 0 radical (unpaired) electrons. The number of amides is 2. The van der Waals surface area contributed by atoms with Crippen LogP contribution in [-0.4, -0.2) is 20.9 Å². The number of nitrogens with one attached hydrogen (secondary N) is 2. The van der Waals surface area contributed by atoms with Gasteiger partial charge in [-0.1, -0.05) is 53.9 Å².